The Bertz CT molecular complexity index is 1110. The van der Waals surface area contributed by atoms with E-state index in [0.29, 0.717) is 5.56 Å². The van der Waals surface area contributed by atoms with Gasteiger partial charge in [0, 0.05) is 19.0 Å². The molecular formula is C29H41N3O5. The zero-order valence-electron chi connectivity index (χ0n) is 23.4. The third-order valence-electron chi connectivity index (χ3n) is 5.69. The van der Waals surface area contributed by atoms with Crippen molar-refractivity contribution >= 4 is 17.9 Å². The molecule has 0 fully saturated rings. The van der Waals surface area contributed by atoms with E-state index < -0.39 is 35.2 Å². The van der Waals surface area contributed by atoms with Crippen molar-refractivity contribution in [3.8, 4) is 5.75 Å². The second-order valence-corrected chi connectivity index (χ2v) is 11.5. The van der Waals surface area contributed by atoms with Crippen LogP contribution in [0.4, 0.5) is 4.79 Å². The van der Waals surface area contributed by atoms with Gasteiger partial charge in [-0.25, -0.2) is 4.79 Å². The summed E-state index contributed by atoms with van der Waals surface area (Å²) in [6.07, 6.45) is -0.594. The average Bonchev–Trinajstić information content (AvgIpc) is 2.74. The van der Waals surface area contributed by atoms with Gasteiger partial charge in [0.15, 0.2) is 0 Å². The second kappa shape index (κ2) is 11.7. The molecule has 8 nitrogen and oxygen atoms in total. The largest absolute Gasteiger partial charge is 0.508 e. The number of rotatable bonds is 7. The van der Waals surface area contributed by atoms with Crippen molar-refractivity contribution in [3.63, 3.8) is 0 Å². The number of benzene rings is 2. The molecule has 2 aromatic rings. The summed E-state index contributed by atoms with van der Waals surface area (Å²) in [4.78, 5) is 41.4. The summed E-state index contributed by atoms with van der Waals surface area (Å²) in [5.41, 5.74) is 2.20. The molecule has 8 heteroatoms. The molecule has 2 rings (SSSR count). The molecule has 2 unspecified atom stereocenters. The smallest absolute Gasteiger partial charge is 0.408 e. The number of nitrogens with one attached hydrogen (secondary N) is 2. The number of carbonyl (C=O) groups excluding carboxylic acids is 3. The summed E-state index contributed by atoms with van der Waals surface area (Å²) in [6.45, 7) is 14.8. The molecule has 3 amide bonds. The topological polar surface area (TPSA) is 108 Å². The highest BCUT2D eigenvalue weighted by atomic mass is 16.6. The SMILES string of the molecule is Cc1ccc(C(C(=O)NC(C)(C)C)N(C)C(=O)C(Cc2ccc(O)cc2)NC(=O)OC(C)(C)C)cc1C. The number of nitrogens with zero attached hydrogens (tertiary/aromatic N) is 1. The minimum Gasteiger partial charge on any atom is -0.508 e. The van der Waals surface area contributed by atoms with E-state index in [9.17, 15) is 19.5 Å². The van der Waals surface area contributed by atoms with Crippen molar-refractivity contribution in [1.82, 2.24) is 15.5 Å². The molecule has 0 aromatic heterocycles. The number of aryl methyl sites for hydroxylation is 2. The van der Waals surface area contributed by atoms with Crippen molar-refractivity contribution < 1.29 is 24.2 Å². The average molecular weight is 512 g/mol. The van der Waals surface area contributed by atoms with Crippen LogP contribution in [-0.4, -0.2) is 52.1 Å². The number of hydrogen-bond donors (Lipinski definition) is 3. The van der Waals surface area contributed by atoms with Crippen LogP contribution in [0.15, 0.2) is 42.5 Å². The molecule has 2 aromatic carbocycles. The van der Waals surface area contributed by atoms with Gasteiger partial charge in [0.05, 0.1) is 0 Å². The highest BCUT2D eigenvalue weighted by molar-refractivity contribution is 5.92. The number of phenolic OH excluding ortho intramolecular Hbond substituents is 1. The lowest BCUT2D eigenvalue weighted by Crippen LogP contribution is -2.54. The molecule has 37 heavy (non-hydrogen) atoms. The number of ether oxygens (including phenoxy) is 1. The number of carbonyl (C=O) groups is 3. The molecule has 0 aliphatic heterocycles. The van der Waals surface area contributed by atoms with Gasteiger partial charge in [-0.15, -0.1) is 0 Å². The maximum Gasteiger partial charge on any atom is 0.408 e. The monoisotopic (exact) mass is 511 g/mol. The van der Waals surface area contributed by atoms with Crippen LogP contribution < -0.4 is 10.6 Å². The minimum absolute atomic E-state index is 0.0949. The van der Waals surface area contributed by atoms with E-state index in [4.69, 9.17) is 4.74 Å². The zero-order chi connectivity index (χ0) is 28.1. The summed E-state index contributed by atoms with van der Waals surface area (Å²) in [5, 5.41) is 15.3. The van der Waals surface area contributed by atoms with Crippen LogP contribution in [0.3, 0.4) is 0 Å². The Morgan fingerprint density at radius 3 is 2.05 bits per heavy atom. The molecule has 0 radical (unpaired) electrons. The molecule has 0 bridgehead atoms. The van der Waals surface area contributed by atoms with Crippen molar-refractivity contribution in [2.24, 2.45) is 0 Å². The maximum atomic E-state index is 13.9. The Hall–Kier alpha value is -3.55. The number of alkyl carbamates (subject to hydrolysis) is 1. The van der Waals surface area contributed by atoms with E-state index in [0.717, 1.165) is 16.7 Å². The number of phenols is 1. The standard InChI is InChI=1S/C29H41N3O5/c1-18-10-13-21(16-19(18)2)24(25(34)31-28(3,4)5)32(9)26(35)23(30-27(36)37-29(6,7)8)17-20-11-14-22(33)15-12-20/h10-16,23-24,33H,17H2,1-9H3,(H,30,36)(H,31,34). The molecular weight excluding hydrogens is 470 g/mol. The van der Waals surface area contributed by atoms with Gasteiger partial charge in [-0.1, -0.05) is 30.3 Å². The van der Waals surface area contributed by atoms with Gasteiger partial charge in [-0.05, 0) is 89.8 Å². The van der Waals surface area contributed by atoms with Gasteiger partial charge < -0.3 is 25.4 Å². The molecule has 0 spiro atoms. The fourth-order valence-electron chi connectivity index (χ4n) is 3.81. The van der Waals surface area contributed by atoms with Crippen molar-refractivity contribution in [1.29, 1.82) is 0 Å². The third kappa shape index (κ3) is 9.12. The summed E-state index contributed by atoms with van der Waals surface area (Å²) < 4.78 is 5.40. The van der Waals surface area contributed by atoms with Crippen LogP contribution in [-0.2, 0) is 20.7 Å². The van der Waals surface area contributed by atoms with Crippen LogP contribution in [0.5, 0.6) is 5.75 Å². The van der Waals surface area contributed by atoms with E-state index in [1.54, 1.807) is 40.0 Å². The first-order chi connectivity index (χ1) is 17.0. The highest BCUT2D eigenvalue weighted by Gasteiger charge is 2.35. The zero-order valence-corrected chi connectivity index (χ0v) is 23.4. The Morgan fingerprint density at radius 2 is 1.54 bits per heavy atom. The van der Waals surface area contributed by atoms with E-state index in [1.807, 2.05) is 52.8 Å². The summed E-state index contributed by atoms with van der Waals surface area (Å²) >= 11 is 0. The summed E-state index contributed by atoms with van der Waals surface area (Å²) in [6, 6.07) is 10.1. The fourth-order valence-corrected chi connectivity index (χ4v) is 3.81. The molecule has 0 saturated heterocycles. The molecule has 0 saturated carbocycles. The highest BCUT2D eigenvalue weighted by Crippen LogP contribution is 2.25. The third-order valence-corrected chi connectivity index (χ3v) is 5.69. The number of aromatic hydroxyl groups is 1. The molecule has 3 N–H and O–H groups in total. The van der Waals surface area contributed by atoms with Crippen molar-refractivity contribution in [2.45, 2.75) is 85.0 Å². The Kier molecular flexibility index (Phi) is 9.36. The van der Waals surface area contributed by atoms with Gasteiger partial charge in [-0.2, -0.15) is 0 Å². The molecule has 0 aliphatic rings. The van der Waals surface area contributed by atoms with Crippen molar-refractivity contribution in [2.75, 3.05) is 7.05 Å². The van der Waals surface area contributed by atoms with Gasteiger partial charge in [0.25, 0.3) is 0 Å². The van der Waals surface area contributed by atoms with Gasteiger partial charge in [-0.3, -0.25) is 9.59 Å². The molecule has 202 valence electrons. The quantitative estimate of drug-likeness (QED) is 0.505. The Labute approximate surface area is 220 Å². The lowest BCUT2D eigenvalue weighted by molar-refractivity contribution is -0.141. The van der Waals surface area contributed by atoms with Crippen LogP contribution in [0, 0.1) is 13.8 Å². The van der Waals surface area contributed by atoms with Gasteiger partial charge >= 0.3 is 6.09 Å². The predicted molar refractivity (Wildman–Crippen MR) is 144 cm³/mol. The Morgan fingerprint density at radius 1 is 0.946 bits per heavy atom. The van der Waals surface area contributed by atoms with E-state index in [1.165, 1.54) is 17.0 Å². The first-order valence-corrected chi connectivity index (χ1v) is 12.4. The number of amides is 3. The maximum absolute atomic E-state index is 13.9. The van der Waals surface area contributed by atoms with Crippen LogP contribution >= 0.6 is 0 Å². The van der Waals surface area contributed by atoms with E-state index in [-0.39, 0.29) is 18.1 Å². The van der Waals surface area contributed by atoms with Crippen molar-refractivity contribution in [3.05, 3.63) is 64.7 Å². The summed E-state index contributed by atoms with van der Waals surface area (Å²) in [7, 11) is 1.56. The second-order valence-electron chi connectivity index (χ2n) is 11.5. The summed E-state index contributed by atoms with van der Waals surface area (Å²) in [5.74, 6) is -0.684. The normalized spacial score (nSPS) is 13.3. The lowest BCUT2D eigenvalue weighted by atomic mass is 9.97. The minimum atomic E-state index is -1.01. The molecule has 0 heterocycles. The lowest BCUT2D eigenvalue weighted by Gasteiger charge is -2.34. The predicted octanol–water partition coefficient (Wildman–Crippen LogP) is 4.56. The van der Waals surface area contributed by atoms with Crippen LogP contribution in [0.2, 0.25) is 0 Å². The number of likely N-dealkylation sites (N-methyl/N-ethyl adjacent to an activating group) is 1. The first-order valence-electron chi connectivity index (χ1n) is 12.4. The Balaban J connectivity index is 2.46. The van der Waals surface area contributed by atoms with Crippen LogP contribution in [0.25, 0.3) is 0 Å². The molecule has 2 atom stereocenters. The molecule has 0 aliphatic carbocycles. The van der Waals surface area contributed by atoms with Gasteiger partial charge in [0.2, 0.25) is 11.8 Å². The van der Waals surface area contributed by atoms with Gasteiger partial charge in [0.1, 0.15) is 23.4 Å². The first kappa shape index (κ1) is 29.7. The fraction of sp³-hybridized carbons (Fsp3) is 0.483. The van der Waals surface area contributed by atoms with E-state index >= 15 is 0 Å². The number of hydrogen-bond acceptors (Lipinski definition) is 5. The van der Waals surface area contributed by atoms with E-state index in [2.05, 4.69) is 10.6 Å². The van der Waals surface area contributed by atoms with Crippen LogP contribution in [0.1, 0.15) is 69.8 Å².